The van der Waals surface area contributed by atoms with Gasteiger partial charge in [0.15, 0.2) is 0 Å². The Bertz CT molecular complexity index is 457. The number of hydrogen-bond donors (Lipinski definition) is 1. The van der Waals surface area contributed by atoms with Gasteiger partial charge in [-0.15, -0.1) is 12.4 Å². The highest BCUT2D eigenvalue weighted by atomic mass is 35.5. The Morgan fingerprint density at radius 2 is 1.71 bits per heavy atom. The van der Waals surface area contributed by atoms with E-state index in [0.29, 0.717) is 52.2 Å². The zero-order valence-corrected chi connectivity index (χ0v) is 13.9. The highest BCUT2D eigenvalue weighted by molar-refractivity contribution is 7.89. The predicted molar refractivity (Wildman–Crippen MR) is 81.8 cm³/mol. The first-order valence-electron chi connectivity index (χ1n) is 7.03. The molecule has 1 amide bonds. The molecule has 0 atom stereocenters. The van der Waals surface area contributed by atoms with Gasteiger partial charge in [0.1, 0.15) is 0 Å². The minimum absolute atomic E-state index is 0. The van der Waals surface area contributed by atoms with Gasteiger partial charge >= 0.3 is 0 Å². The molecular weight excluding hydrogens is 318 g/mol. The minimum atomic E-state index is -3.17. The van der Waals surface area contributed by atoms with Gasteiger partial charge in [0.25, 0.3) is 0 Å². The van der Waals surface area contributed by atoms with E-state index in [4.69, 9.17) is 10.5 Å². The molecule has 0 radical (unpaired) electrons. The van der Waals surface area contributed by atoms with E-state index in [0.717, 1.165) is 0 Å². The molecule has 0 aliphatic carbocycles. The van der Waals surface area contributed by atoms with Gasteiger partial charge in [0.05, 0.1) is 11.3 Å². The Hall–Kier alpha value is -0.410. The maximum absolute atomic E-state index is 12.5. The van der Waals surface area contributed by atoms with Crippen LogP contribution in [0.3, 0.4) is 0 Å². The summed E-state index contributed by atoms with van der Waals surface area (Å²) in [7, 11) is -3.17. The zero-order chi connectivity index (χ0) is 14.8. The Kier molecular flexibility index (Phi) is 6.42. The normalized spacial score (nSPS) is 23.4. The summed E-state index contributed by atoms with van der Waals surface area (Å²) < 4.78 is 30.2. The van der Waals surface area contributed by atoms with Crippen molar-refractivity contribution in [1.82, 2.24) is 9.21 Å². The van der Waals surface area contributed by atoms with Gasteiger partial charge in [0.2, 0.25) is 15.9 Å². The van der Waals surface area contributed by atoms with Gasteiger partial charge in [-0.1, -0.05) is 0 Å². The molecule has 0 unspecified atom stereocenters. The second-order valence-corrected chi connectivity index (χ2v) is 7.62. The lowest BCUT2D eigenvalue weighted by atomic mass is 9.89. The second kappa shape index (κ2) is 7.23. The lowest BCUT2D eigenvalue weighted by molar-refractivity contribution is -0.141. The number of nitrogens with zero attached hydrogens (tertiary/aromatic N) is 2. The Morgan fingerprint density at radius 1 is 1.19 bits per heavy atom. The van der Waals surface area contributed by atoms with Crippen molar-refractivity contribution < 1.29 is 17.9 Å². The molecule has 2 rings (SSSR count). The lowest BCUT2D eigenvalue weighted by Gasteiger charge is -2.40. The third kappa shape index (κ3) is 4.07. The quantitative estimate of drug-likeness (QED) is 0.740. The highest BCUT2D eigenvalue weighted by Gasteiger charge is 2.40. The summed E-state index contributed by atoms with van der Waals surface area (Å²) in [5.41, 5.74) is 5.33. The van der Waals surface area contributed by atoms with E-state index in [-0.39, 0.29) is 24.1 Å². The van der Waals surface area contributed by atoms with Crippen molar-refractivity contribution in [2.75, 3.05) is 45.1 Å². The molecular formula is C12H24ClN3O4S. The lowest BCUT2D eigenvalue weighted by Crippen LogP contribution is -2.61. The first kappa shape index (κ1) is 18.6. The summed E-state index contributed by atoms with van der Waals surface area (Å²) in [6.45, 7) is 4.18. The molecule has 0 aromatic heterocycles. The maximum Gasteiger partial charge on any atom is 0.242 e. The number of nitrogens with two attached hydrogens (primary N) is 1. The molecule has 2 heterocycles. The molecule has 0 spiro atoms. The molecule has 2 fully saturated rings. The van der Waals surface area contributed by atoms with Crippen molar-refractivity contribution in [3.63, 3.8) is 0 Å². The van der Waals surface area contributed by atoms with Gasteiger partial charge in [0, 0.05) is 39.4 Å². The fourth-order valence-electron chi connectivity index (χ4n) is 2.62. The summed E-state index contributed by atoms with van der Waals surface area (Å²) in [5.74, 6) is 0.0217. The van der Waals surface area contributed by atoms with Crippen LogP contribution >= 0.6 is 12.4 Å². The first-order chi connectivity index (χ1) is 9.39. The number of amides is 1. The Labute approximate surface area is 132 Å². The van der Waals surface area contributed by atoms with E-state index in [9.17, 15) is 13.2 Å². The molecule has 2 saturated heterocycles. The molecule has 0 saturated carbocycles. The Balaban J connectivity index is 0.00000220. The van der Waals surface area contributed by atoms with Crippen LogP contribution in [0.2, 0.25) is 0 Å². The molecule has 124 valence electrons. The average Bonchev–Trinajstić information content (AvgIpc) is 2.47. The van der Waals surface area contributed by atoms with Crippen LogP contribution in [0.15, 0.2) is 0 Å². The van der Waals surface area contributed by atoms with E-state index in [1.54, 1.807) is 11.8 Å². The molecule has 2 aliphatic heterocycles. The van der Waals surface area contributed by atoms with Crippen LogP contribution in [-0.2, 0) is 19.6 Å². The van der Waals surface area contributed by atoms with Gasteiger partial charge in [-0.3, -0.25) is 4.79 Å². The van der Waals surface area contributed by atoms with Crippen LogP contribution in [-0.4, -0.2) is 74.2 Å². The zero-order valence-electron chi connectivity index (χ0n) is 12.3. The van der Waals surface area contributed by atoms with Gasteiger partial charge in [-0.2, -0.15) is 4.31 Å². The molecule has 9 heteroatoms. The van der Waals surface area contributed by atoms with E-state index >= 15 is 0 Å². The van der Waals surface area contributed by atoms with Crippen LogP contribution in [0.25, 0.3) is 0 Å². The smallest absolute Gasteiger partial charge is 0.242 e. The fraction of sp³-hybridized carbons (Fsp3) is 0.917. The number of hydrogen-bond acceptors (Lipinski definition) is 5. The molecule has 0 bridgehead atoms. The average molecular weight is 342 g/mol. The predicted octanol–water partition coefficient (Wildman–Crippen LogP) is -0.590. The summed E-state index contributed by atoms with van der Waals surface area (Å²) in [6, 6.07) is 0. The molecule has 2 N–H and O–H groups in total. The number of ether oxygens (including phenoxy) is 1. The van der Waals surface area contributed by atoms with Crippen molar-refractivity contribution in [2.45, 2.75) is 25.3 Å². The monoisotopic (exact) mass is 341 g/mol. The van der Waals surface area contributed by atoms with E-state index < -0.39 is 15.6 Å². The van der Waals surface area contributed by atoms with Crippen LogP contribution < -0.4 is 5.73 Å². The summed E-state index contributed by atoms with van der Waals surface area (Å²) in [4.78, 5) is 14.2. The fourth-order valence-corrected chi connectivity index (χ4v) is 3.70. The first-order valence-corrected chi connectivity index (χ1v) is 8.64. The Morgan fingerprint density at radius 3 is 2.19 bits per heavy atom. The number of piperazine rings is 1. The molecule has 2 aliphatic rings. The summed E-state index contributed by atoms with van der Waals surface area (Å²) in [5, 5.41) is 0. The van der Waals surface area contributed by atoms with Crippen LogP contribution in [0, 0.1) is 0 Å². The topological polar surface area (TPSA) is 92.9 Å². The van der Waals surface area contributed by atoms with Gasteiger partial charge in [-0.25, -0.2) is 8.42 Å². The molecule has 7 nitrogen and oxygen atoms in total. The maximum atomic E-state index is 12.5. The number of carbonyl (C=O) groups is 1. The minimum Gasteiger partial charge on any atom is -0.381 e. The van der Waals surface area contributed by atoms with Crippen molar-refractivity contribution in [3.05, 3.63) is 0 Å². The van der Waals surface area contributed by atoms with Gasteiger partial charge in [-0.05, 0) is 19.8 Å². The van der Waals surface area contributed by atoms with Crippen LogP contribution in [0.4, 0.5) is 0 Å². The third-order valence-corrected chi connectivity index (χ3v) is 5.98. The van der Waals surface area contributed by atoms with E-state index in [1.807, 2.05) is 0 Å². The van der Waals surface area contributed by atoms with Crippen molar-refractivity contribution in [3.8, 4) is 0 Å². The molecule has 21 heavy (non-hydrogen) atoms. The van der Waals surface area contributed by atoms with Crippen molar-refractivity contribution in [2.24, 2.45) is 5.73 Å². The standard InChI is InChI=1S/C12H23N3O4S.ClH/c1-2-20(17,18)15-7-5-14(6-8-15)11(16)12(13)3-9-19-10-4-12;/h2-10,13H2,1H3;1H. The van der Waals surface area contributed by atoms with Crippen molar-refractivity contribution in [1.29, 1.82) is 0 Å². The second-order valence-electron chi connectivity index (χ2n) is 5.36. The number of carbonyl (C=O) groups excluding carboxylic acids is 1. The van der Waals surface area contributed by atoms with E-state index in [1.165, 1.54) is 4.31 Å². The largest absolute Gasteiger partial charge is 0.381 e. The third-order valence-electron chi connectivity index (χ3n) is 4.09. The molecule has 0 aromatic rings. The van der Waals surface area contributed by atoms with Crippen LogP contribution in [0.1, 0.15) is 19.8 Å². The SMILES string of the molecule is CCS(=O)(=O)N1CCN(C(=O)C2(N)CCOCC2)CC1.Cl. The highest BCUT2D eigenvalue weighted by Crippen LogP contribution is 2.21. The molecule has 0 aromatic carbocycles. The van der Waals surface area contributed by atoms with Gasteiger partial charge < -0.3 is 15.4 Å². The number of sulfonamides is 1. The van der Waals surface area contributed by atoms with E-state index in [2.05, 4.69) is 0 Å². The van der Waals surface area contributed by atoms with Crippen LogP contribution in [0.5, 0.6) is 0 Å². The number of halogens is 1. The summed E-state index contributed by atoms with van der Waals surface area (Å²) >= 11 is 0. The summed E-state index contributed by atoms with van der Waals surface area (Å²) in [6.07, 6.45) is 1.05. The number of rotatable bonds is 3. The van der Waals surface area contributed by atoms with Crippen molar-refractivity contribution >= 4 is 28.3 Å².